The zero-order valence-corrected chi connectivity index (χ0v) is 20.9. The predicted octanol–water partition coefficient (Wildman–Crippen LogP) is 7.46. The van der Waals surface area contributed by atoms with E-state index in [1.54, 1.807) is 13.0 Å². The molecule has 0 saturated carbocycles. The van der Waals surface area contributed by atoms with Crippen LogP contribution in [-0.2, 0) is 5.41 Å². The highest BCUT2D eigenvalue weighted by Gasteiger charge is 2.20. The quantitative estimate of drug-likeness (QED) is 0.405. The van der Waals surface area contributed by atoms with Crippen molar-refractivity contribution >= 4 is 29.2 Å². The number of nitrogens with one attached hydrogen (secondary N) is 2. The fourth-order valence-corrected chi connectivity index (χ4v) is 3.71. The molecule has 0 atom stereocenters. The molecule has 0 aromatic heterocycles. The smallest absolute Gasteiger partial charge is 0.326 e. The zero-order valence-electron chi connectivity index (χ0n) is 20.1. The Bertz CT molecular complexity index is 1270. The molecule has 0 aliphatic heterocycles. The van der Waals surface area contributed by atoms with Crippen molar-refractivity contribution in [2.45, 2.75) is 47.0 Å². The van der Waals surface area contributed by atoms with Gasteiger partial charge in [0.05, 0.1) is 10.6 Å². The standard InChI is InChI=1S/C27H28ClFN2O3/c1-15-13-18(27(4,5)6)11-12-22(15)34-24-16(2)14-21(17(3)23(24)28)30-26(33)31-25(32)19-9-7-8-10-20(19)29/h7-14H,1-6H3,(H2,30,31,32,33). The summed E-state index contributed by atoms with van der Waals surface area (Å²) in [7, 11) is 0. The van der Waals surface area contributed by atoms with Crippen LogP contribution in [0.5, 0.6) is 11.5 Å². The molecule has 0 saturated heterocycles. The van der Waals surface area contributed by atoms with E-state index in [9.17, 15) is 14.0 Å². The molecule has 3 aromatic carbocycles. The summed E-state index contributed by atoms with van der Waals surface area (Å²) in [6.07, 6.45) is 0. The number of benzene rings is 3. The van der Waals surface area contributed by atoms with Gasteiger partial charge in [-0.15, -0.1) is 0 Å². The van der Waals surface area contributed by atoms with E-state index < -0.39 is 17.8 Å². The minimum absolute atomic E-state index is 0.0228. The Morgan fingerprint density at radius 3 is 2.26 bits per heavy atom. The van der Waals surface area contributed by atoms with E-state index in [-0.39, 0.29) is 11.0 Å². The lowest BCUT2D eigenvalue weighted by molar-refractivity contribution is 0.0963. The molecule has 5 nitrogen and oxygen atoms in total. The van der Waals surface area contributed by atoms with E-state index in [0.29, 0.717) is 33.3 Å². The Morgan fingerprint density at radius 2 is 1.65 bits per heavy atom. The number of urea groups is 1. The molecule has 178 valence electrons. The molecule has 0 bridgehead atoms. The van der Waals surface area contributed by atoms with Gasteiger partial charge in [-0.2, -0.15) is 0 Å². The Balaban J connectivity index is 1.80. The average Bonchev–Trinajstić information content (AvgIpc) is 2.75. The van der Waals surface area contributed by atoms with Gasteiger partial charge in [0, 0.05) is 5.69 Å². The van der Waals surface area contributed by atoms with Crippen LogP contribution in [0.2, 0.25) is 5.02 Å². The van der Waals surface area contributed by atoms with Gasteiger partial charge in [0.25, 0.3) is 5.91 Å². The maximum absolute atomic E-state index is 13.8. The summed E-state index contributed by atoms with van der Waals surface area (Å²) >= 11 is 6.60. The van der Waals surface area contributed by atoms with Crippen molar-refractivity contribution in [3.05, 3.63) is 87.2 Å². The first-order valence-corrected chi connectivity index (χ1v) is 11.2. The van der Waals surface area contributed by atoms with Gasteiger partial charge in [-0.3, -0.25) is 10.1 Å². The molecule has 7 heteroatoms. The number of amides is 3. The molecule has 2 N–H and O–H groups in total. The van der Waals surface area contributed by atoms with Crippen LogP contribution in [0.1, 0.15) is 53.4 Å². The fourth-order valence-electron chi connectivity index (χ4n) is 3.42. The Labute approximate surface area is 204 Å². The highest BCUT2D eigenvalue weighted by molar-refractivity contribution is 6.33. The predicted molar refractivity (Wildman–Crippen MR) is 134 cm³/mol. The maximum atomic E-state index is 13.8. The third kappa shape index (κ3) is 5.57. The van der Waals surface area contributed by atoms with Gasteiger partial charge in [0.1, 0.15) is 17.3 Å². The first-order chi connectivity index (χ1) is 15.9. The molecule has 0 unspecified atom stereocenters. The molecule has 34 heavy (non-hydrogen) atoms. The molecule has 3 aromatic rings. The van der Waals surface area contributed by atoms with Crippen molar-refractivity contribution < 1.29 is 18.7 Å². The summed E-state index contributed by atoms with van der Waals surface area (Å²) in [6, 6.07) is 12.4. The van der Waals surface area contributed by atoms with Crippen molar-refractivity contribution in [3.63, 3.8) is 0 Å². The summed E-state index contributed by atoms with van der Waals surface area (Å²) in [5, 5.41) is 5.08. The van der Waals surface area contributed by atoms with Crippen molar-refractivity contribution in [1.82, 2.24) is 5.32 Å². The lowest BCUT2D eigenvalue weighted by Crippen LogP contribution is -2.35. The van der Waals surface area contributed by atoms with Gasteiger partial charge < -0.3 is 10.1 Å². The van der Waals surface area contributed by atoms with Crippen LogP contribution in [-0.4, -0.2) is 11.9 Å². The topological polar surface area (TPSA) is 67.4 Å². The molecule has 0 spiro atoms. The van der Waals surface area contributed by atoms with Crippen molar-refractivity contribution in [2.75, 3.05) is 5.32 Å². The highest BCUT2D eigenvalue weighted by atomic mass is 35.5. The van der Waals surface area contributed by atoms with Crippen LogP contribution in [0.3, 0.4) is 0 Å². The van der Waals surface area contributed by atoms with Crippen molar-refractivity contribution in [1.29, 1.82) is 0 Å². The highest BCUT2D eigenvalue weighted by Crippen LogP contribution is 2.40. The van der Waals surface area contributed by atoms with Gasteiger partial charge in [0.15, 0.2) is 0 Å². The third-order valence-electron chi connectivity index (χ3n) is 5.50. The van der Waals surface area contributed by atoms with Crippen LogP contribution in [0.15, 0.2) is 48.5 Å². The van der Waals surface area contributed by atoms with Crippen molar-refractivity contribution in [2.24, 2.45) is 0 Å². The van der Waals surface area contributed by atoms with E-state index in [0.717, 1.165) is 11.6 Å². The second-order valence-corrected chi connectivity index (χ2v) is 9.61. The molecule has 0 aliphatic carbocycles. The average molecular weight is 483 g/mol. The number of aryl methyl sites for hydroxylation is 2. The maximum Gasteiger partial charge on any atom is 0.326 e. The second-order valence-electron chi connectivity index (χ2n) is 9.23. The lowest BCUT2D eigenvalue weighted by atomic mass is 9.86. The minimum atomic E-state index is -0.842. The van der Waals surface area contributed by atoms with Crippen molar-refractivity contribution in [3.8, 4) is 11.5 Å². The number of rotatable bonds is 4. The van der Waals surface area contributed by atoms with Gasteiger partial charge >= 0.3 is 6.03 Å². The number of hydrogen-bond acceptors (Lipinski definition) is 3. The van der Waals surface area contributed by atoms with Crippen LogP contribution in [0.4, 0.5) is 14.9 Å². The number of carbonyl (C=O) groups is 2. The lowest BCUT2D eigenvalue weighted by Gasteiger charge is -2.21. The third-order valence-corrected chi connectivity index (χ3v) is 5.95. The molecular formula is C27H28ClFN2O3. The van der Waals surface area contributed by atoms with Crippen LogP contribution in [0, 0.1) is 26.6 Å². The van der Waals surface area contributed by atoms with Crippen LogP contribution >= 0.6 is 11.6 Å². The summed E-state index contributed by atoms with van der Waals surface area (Å²) < 4.78 is 20.0. The normalized spacial score (nSPS) is 11.2. The number of ether oxygens (including phenoxy) is 1. The molecule has 0 aliphatic rings. The van der Waals surface area contributed by atoms with E-state index in [1.807, 2.05) is 26.0 Å². The minimum Gasteiger partial charge on any atom is -0.455 e. The summed E-state index contributed by atoms with van der Waals surface area (Å²) in [5.41, 5.74) is 3.66. The molecule has 3 rings (SSSR count). The van der Waals surface area contributed by atoms with E-state index in [4.69, 9.17) is 16.3 Å². The molecule has 0 radical (unpaired) electrons. The molecular weight excluding hydrogens is 455 g/mol. The Hall–Kier alpha value is -3.38. The largest absolute Gasteiger partial charge is 0.455 e. The van der Waals surface area contributed by atoms with Gasteiger partial charge in [-0.25, -0.2) is 9.18 Å². The second kappa shape index (κ2) is 9.85. The summed E-state index contributed by atoms with van der Waals surface area (Å²) in [6.45, 7) is 12.0. The molecule has 0 fully saturated rings. The Kier molecular flexibility index (Phi) is 7.32. The van der Waals surface area contributed by atoms with E-state index in [2.05, 4.69) is 37.5 Å². The van der Waals surface area contributed by atoms with Gasteiger partial charge in [0.2, 0.25) is 0 Å². The fraction of sp³-hybridized carbons (Fsp3) is 0.259. The molecule has 0 heterocycles. The number of imide groups is 1. The monoisotopic (exact) mass is 482 g/mol. The van der Waals surface area contributed by atoms with Gasteiger partial charge in [-0.1, -0.05) is 56.6 Å². The summed E-state index contributed by atoms with van der Waals surface area (Å²) in [4.78, 5) is 24.6. The van der Waals surface area contributed by atoms with E-state index >= 15 is 0 Å². The first-order valence-electron chi connectivity index (χ1n) is 10.8. The Morgan fingerprint density at radius 1 is 0.971 bits per heavy atom. The number of carbonyl (C=O) groups excluding carboxylic acids is 2. The number of anilines is 1. The van der Waals surface area contributed by atoms with Crippen LogP contribution < -0.4 is 15.4 Å². The van der Waals surface area contributed by atoms with E-state index in [1.165, 1.54) is 23.8 Å². The number of hydrogen-bond donors (Lipinski definition) is 2. The van der Waals surface area contributed by atoms with Gasteiger partial charge in [-0.05, 0) is 72.7 Å². The zero-order chi connectivity index (χ0) is 25.2. The number of halogens is 2. The van der Waals surface area contributed by atoms with Crippen LogP contribution in [0.25, 0.3) is 0 Å². The first kappa shape index (κ1) is 25.2. The molecule has 3 amide bonds. The SMILES string of the molecule is Cc1cc(C(C)(C)C)ccc1Oc1c(C)cc(NC(=O)NC(=O)c2ccccc2F)c(C)c1Cl. The summed E-state index contributed by atoms with van der Waals surface area (Å²) in [5.74, 6) is -0.383.